The number of nitrogen functional groups attached to an aromatic ring is 1. The zero-order valence-electron chi connectivity index (χ0n) is 24.4. The summed E-state index contributed by atoms with van der Waals surface area (Å²) in [6.45, 7) is 7.15. The van der Waals surface area contributed by atoms with Gasteiger partial charge in [0, 0.05) is 37.4 Å². The van der Waals surface area contributed by atoms with Crippen LogP contribution in [-0.2, 0) is 30.3 Å². The minimum absolute atomic E-state index is 0.0189. The number of nitrogens with one attached hydrogen (secondary N) is 4. The molecule has 15 heteroatoms. The third-order valence-corrected chi connectivity index (χ3v) is 5.86. The van der Waals surface area contributed by atoms with E-state index in [1.165, 1.54) is 6.20 Å². The van der Waals surface area contributed by atoms with Gasteiger partial charge in [0.15, 0.2) is 11.2 Å². The first-order valence-electron chi connectivity index (χ1n) is 14.2. The minimum atomic E-state index is -0.456. The second-order valence-corrected chi connectivity index (χ2v) is 9.16. The predicted molar refractivity (Wildman–Crippen MR) is 160 cm³/mol. The van der Waals surface area contributed by atoms with Gasteiger partial charge in [0.05, 0.1) is 64.7 Å². The van der Waals surface area contributed by atoms with Crippen LogP contribution in [0.15, 0.2) is 35.3 Å². The lowest BCUT2D eigenvalue weighted by Gasteiger charge is -2.09. The number of aromatic amines is 1. The number of fused-ring (bicyclic) bond motifs is 1. The van der Waals surface area contributed by atoms with E-state index in [2.05, 4.69) is 35.9 Å². The summed E-state index contributed by atoms with van der Waals surface area (Å²) in [5.41, 5.74) is 7.14. The van der Waals surface area contributed by atoms with Gasteiger partial charge in [0.1, 0.15) is 0 Å². The van der Waals surface area contributed by atoms with Crippen LogP contribution in [0.25, 0.3) is 11.2 Å². The average molecular weight is 601 g/mol. The summed E-state index contributed by atoms with van der Waals surface area (Å²) in [6.07, 6.45) is 2.32. The Labute approximate surface area is 249 Å². The van der Waals surface area contributed by atoms with Crippen LogP contribution in [0, 0.1) is 0 Å². The molecule has 6 N–H and O–H groups in total. The molecule has 0 aliphatic carbocycles. The predicted octanol–water partition coefficient (Wildman–Crippen LogP) is 0.620. The smallest absolute Gasteiger partial charge is 0.280 e. The van der Waals surface area contributed by atoms with Crippen molar-refractivity contribution in [3.05, 3.63) is 52.1 Å². The number of hydrogen-bond donors (Lipinski definition) is 5. The zero-order chi connectivity index (χ0) is 30.7. The van der Waals surface area contributed by atoms with E-state index in [0.717, 1.165) is 5.69 Å². The van der Waals surface area contributed by atoms with Crippen molar-refractivity contribution in [3.8, 4) is 0 Å². The molecule has 43 heavy (non-hydrogen) atoms. The maximum atomic E-state index is 12.4. The van der Waals surface area contributed by atoms with Gasteiger partial charge in [-0.2, -0.15) is 4.98 Å². The van der Waals surface area contributed by atoms with E-state index in [0.29, 0.717) is 96.6 Å². The van der Waals surface area contributed by atoms with Gasteiger partial charge in [-0.15, -0.1) is 0 Å². The van der Waals surface area contributed by atoms with Crippen molar-refractivity contribution in [2.75, 3.05) is 77.0 Å². The lowest BCUT2D eigenvalue weighted by Crippen LogP contribution is -2.29. The zero-order valence-corrected chi connectivity index (χ0v) is 24.4. The molecule has 234 valence electrons. The Bertz CT molecular complexity index is 1340. The van der Waals surface area contributed by atoms with Crippen molar-refractivity contribution < 1.29 is 28.5 Å². The number of benzene rings is 1. The first-order chi connectivity index (χ1) is 21.0. The number of anilines is 2. The van der Waals surface area contributed by atoms with Crippen LogP contribution in [0.3, 0.4) is 0 Å². The van der Waals surface area contributed by atoms with Gasteiger partial charge < -0.3 is 40.6 Å². The Kier molecular flexibility index (Phi) is 14.8. The summed E-state index contributed by atoms with van der Waals surface area (Å²) in [4.78, 5) is 51.2. The molecule has 2 aromatic heterocycles. The second kappa shape index (κ2) is 19.1. The number of ether oxygens (including phenoxy) is 4. The van der Waals surface area contributed by atoms with E-state index in [1.54, 1.807) is 24.3 Å². The summed E-state index contributed by atoms with van der Waals surface area (Å²) in [6, 6.07) is 6.91. The maximum Gasteiger partial charge on any atom is 0.280 e. The third-order valence-electron chi connectivity index (χ3n) is 5.86. The fourth-order valence-corrected chi connectivity index (χ4v) is 3.70. The van der Waals surface area contributed by atoms with E-state index in [1.807, 2.05) is 6.92 Å². The molecule has 15 nitrogen and oxygen atoms in total. The van der Waals surface area contributed by atoms with Crippen LogP contribution in [-0.4, -0.2) is 97.7 Å². The number of H-pyrrole nitrogens is 1. The van der Waals surface area contributed by atoms with Crippen LogP contribution in [0.1, 0.15) is 35.8 Å². The highest BCUT2D eigenvalue weighted by atomic mass is 16.6. The number of hydrogen-bond acceptors (Lipinski definition) is 12. The van der Waals surface area contributed by atoms with Crippen LogP contribution in [0.2, 0.25) is 0 Å². The molecular formula is C28H40N8O7. The summed E-state index contributed by atoms with van der Waals surface area (Å²) in [5.74, 6) is -0.351. The Morgan fingerprint density at radius 3 is 2.26 bits per heavy atom. The van der Waals surface area contributed by atoms with Crippen LogP contribution >= 0.6 is 0 Å². The topological polar surface area (TPSA) is 205 Å². The quantitative estimate of drug-likeness (QED) is 0.107. The number of nitrogens with two attached hydrogens (primary N) is 1. The molecule has 0 saturated carbocycles. The van der Waals surface area contributed by atoms with E-state index in [9.17, 15) is 14.4 Å². The molecule has 3 aromatic rings. The average Bonchev–Trinajstić information content (AvgIpc) is 3.00. The Balaban J connectivity index is 1.21. The summed E-state index contributed by atoms with van der Waals surface area (Å²) in [5, 5.41) is 8.78. The van der Waals surface area contributed by atoms with Crippen molar-refractivity contribution in [2.45, 2.75) is 26.3 Å². The number of nitrogens with zero attached hydrogens (tertiary/aromatic N) is 3. The molecule has 2 amide bonds. The van der Waals surface area contributed by atoms with Crippen molar-refractivity contribution in [1.82, 2.24) is 30.6 Å². The number of carbonyl (C=O) groups excluding carboxylic acids is 2. The largest absolute Gasteiger partial charge is 0.379 e. The fourth-order valence-electron chi connectivity index (χ4n) is 3.70. The lowest BCUT2D eigenvalue weighted by atomic mass is 10.2. The van der Waals surface area contributed by atoms with Crippen molar-refractivity contribution in [1.29, 1.82) is 0 Å². The van der Waals surface area contributed by atoms with Gasteiger partial charge in [0.25, 0.3) is 11.5 Å². The first kappa shape index (κ1) is 33.3. The van der Waals surface area contributed by atoms with E-state index < -0.39 is 5.56 Å². The van der Waals surface area contributed by atoms with Crippen molar-refractivity contribution >= 4 is 34.6 Å². The molecule has 0 aliphatic heterocycles. The highest BCUT2D eigenvalue weighted by molar-refractivity contribution is 5.94. The molecule has 0 bridgehead atoms. The van der Waals surface area contributed by atoms with Gasteiger partial charge in [-0.1, -0.05) is 0 Å². The molecule has 0 radical (unpaired) electrons. The molecule has 0 atom stereocenters. The highest BCUT2D eigenvalue weighted by Crippen LogP contribution is 2.11. The van der Waals surface area contributed by atoms with Crippen LogP contribution < -0.4 is 27.2 Å². The van der Waals surface area contributed by atoms with Gasteiger partial charge in [-0.05, 0) is 37.6 Å². The SMILES string of the molecule is CCOCCOCCOCCOCCNC(=O)CCCNC(=O)c1ccc(NCc2cnc3nc(N)[nH]c(=O)c3n2)cc1. The maximum absolute atomic E-state index is 12.4. The van der Waals surface area contributed by atoms with Crippen LogP contribution in [0.4, 0.5) is 11.6 Å². The van der Waals surface area contributed by atoms with Gasteiger partial charge in [-0.25, -0.2) is 9.97 Å². The molecule has 0 fully saturated rings. The second-order valence-electron chi connectivity index (χ2n) is 9.16. The fraction of sp³-hybridized carbons (Fsp3) is 0.500. The lowest BCUT2D eigenvalue weighted by molar-refractivity contribution is -0.121. The molecule has 3 rings (SSSR count). The summed E-state index contributed by atoms with van der Waals surface area (Å²) in [7, 11) is 0. The van der Waals surface area contributed by atoms with Crippen molar-refractivity contribution in [2.24, 2.45) is 0 Å². The number of amides is 2. The van der Waals surface area contributed by atoms with E-state index >= 15 is 0 Å². The highest BCUT2D eigenvalue weighted by Gasteiger charge is 2.08. The normalized spacial score (nSPS) is 11.0. The minimum Gasteiger partial charge on any atom is -0.379 e. The Morgan fingerprint density at radius 2 is 1.56 bits per heavy atom. The monoisotopic (exact) mass is 600 g/mol. The van der Waals surface area contributed by atoms with Gasteiger partial charge in [0.2, 0.25) is 11.9 Å². The molecule has 0 saturated heterocycles. The first-order valence-corrected chi connectivity index (χ1v) is 14.2. The van der Waals surface area contributed by atoms with Crippen molar-refractivity contribution in [3.63, 3.8) is 0 Å². The molecule has 0 spiro atoms. The molecule has 1 aromatic carbocycles. The van der Waals surface area contributed by atoms with Gasteiger partial charge in [-0.3, -0.25) is 19.4 Å². The number of carbonyl (C=O) groups is 2. The Hall–Kier alpha value is -4.18. The van der Waals surface area contributed by atoms with E-state index in [-0.39, 0.29) is 28.9 Å². The number of aromatic nitrogens is 4. The standard InChI is InChI=1S/C28H40N8O7/c1-2-40-12-13-42-16-17-43-15-14-41-11-10-30-23(37)4-3-9-31-26(38)20-5-7-21(8-6-20)32-18-22-19-33-25-24(34-22)27(39)36-28(29)35-25/h5-8,19,32H,2-4,9-18H2,1H3,(H,30,37)(H,31,38)(H3,29,33,35,36,39). The summed E-state index contributed by atoms with van der Waals surface area (Å²) < 4.78 is 21.3. The molecule has 2 heterocycles. The van der Waals surface area contributed by atoms with Gasteiger partial charge >= 0.3 is 0 Å². The molecule has 0 unspecified atom stereocenters. The molecule has 0 aliphatic rings. The number of rotatable bonds is 21. The Morgan fingerprint density at radius 1 is 0.884 bits per heavy atom. The van der Waals surface area contributed by atoms with E-state index in [4.69, 9.17) is 24.7 Å². The molecular weight excluding hydrogens is 560 g/mol. The third kappa shape index (κ3) is 12.7. The van der Waals surface area contributed by atoms with Crippen LogP contribution in [0.5, 0.6) is 0 Å². The summed E-state index contributed by atoms with van der Waals surface area (Å²) >= 11 is 0.